The van der Waals surface area contributed by atoms with Crippen LogP contribution in [0, 0.1) is 18.6 Å². The van der Waals surface area contributed by atoms with Crippen LogP contribution in [0.2, 0.25) is 0 Å². The minimum Gasteiger partial charge on any atom is -0.316 e. The van der Waals surface area contributed by atoms with Crippen LogP contribution in [-0.2, 0) is 6.54 Å². The Balaban J connectivity index is 2.59. The van der Waals surface area contributed by atoms with Crippen LogP contribution in [-0.4, -0.2) is 7.05 Å². The zero-order chi connectivity index (χ0) is 13.1. The van der Waals surface area contributed by atoms with E-state index in [-0.39, 0.29) is 0 Å². The summed E-state index contributed by atoms with van der Waals surface area (Å²) in [4.78, 5) is 0. The molecule has 1 nitrogen and oxygen atoms in total. The smallest absolute Gasteiger partial charge is 0.166 e. The number of nitrogens with one attached hydrogen (secondary N) is 1. The number of rotatable bonds is 3. The quantitative estimate of drug-likeness (QED) is 0.872. The van der Waals surface area contributed by atoms with Crippen molar-refractivity contribution in [2.45, 2.75) is 13.5 Å². The maximum atomic E-state index is 14.0. The SMILES string of the molecule is CNCc1ccccc1-c1ccc(C)c(F)c1F. The second-order valence-electron chi connectivity index (χ2n) is 4.25. The molecule has 0 bridgehead atoms. The Morgan fingerprint density at radius 3 is 2.39 bits per heavy atom. The van der Waals surface area contributed by atoms with E-state index in [4.69, 9.17) is 0 Å². The summed E-state index contributed by atoms with van der Waals surface area (Å²) in [6, 6.07) is 10.7. The second kappa shape index (κ2) is 5.27. The molecule has 0 aliphatic heterocycles. The Morgan fingerprint density at radius 1 is 0.944 bits per heavy atom. The van der Waals surface area contributed by atoms with Gasteiger partial charge in [0.2, 0.25) is 0 Å². The molecule has 0 atom stereocenters. The fraction of sp³-hybridized carbons (Fsp3) is 0.200. The Hall–Kier alpha value is -1.74. The van der Waals surface area contributed by atoms with E-state index in [1.165, 1.54) is 0 Å². The molecule has 1 N–H and O–H groups in total. The van der Waals surface area contributed by atoms with Crippen LogP contribution in [0.4, 0.5) is 8.78 Å². The average molecular weight is 247 g/mol. The first kappa shape index (κ1) is 12.7. The molecule has 2 aromatic carbocycles. The van der Waals surface area contributed by atoms with E-state index >= 15 is 0 Å². The van der Waals surface area contributed by atoms with Gasteiger partial charge in [0.25, 0.3) is 0 Å². The van der Waals surface area contributed by atoms with Crippen LogP contribution >= 0.6 is 0 Å². The van der Waals surface area contributed by atoms with Gasteiger partial charge in [-0.05, 0) is 30.7 Å². The lowest BCUT2D eigenvalue weighted by atomic mass is 9.98. The molecule has 94 valence electrons. The third-order valence-corrected chi connectivity index (χ3v) is 2.95. The fourth-order valence-corrected chi connectivity index (χ4v) is 1.98. The van der Waals surface area contributed by atoms with Gasteiger partial charge in [0.1, 0.15) is 0 Å². The average Bonchev–Trinajstić information content (AvgIpc) is 2.38. The van der Waals surface area contributed by atoms with Crippen LogP contribution in [0.3, 0.4) is 0 Å². The van der Waals surface area contributed by atoms with Crippen LogP contribution in [0.15, 0.2) is 36.4 Å². The highest BCUT2D eigenvalue weighted by atomic mass is 19.2. The van der Waals surface area contributed by atoms with E-state index in [0.29, 0.717) is 17.7 Å². The summed E-state index contributed by atoms with van der Waals surface area (Å²) in [5.74, 6) is -1.55. The van der Waals surface area contributed by atoms with Crippen molar-refractivity contribution in [3.63, 3.8) is 0 Å². The normalized spacial score (nSPS) is 10.7. The van der Waals surface area contributed by atoms with Crippen molar-refractivity contribution in [3.05, 3.63) is 59.2 Å². The van der Waals surface area contributed by atoms with Gasteiger partial charge in [-0.15, -0.1) is 0 Å². The number of hydrogen-bond donors (Lipinski definition) is 1. The van der Waals surface area contributed by atoms with Gasteiger partial charge in [-0.25, -0.2) is 8.78 Å². The first-order chi connectivity index (χ1) is 8.65. The van der Waals surface area contributed by atoms with Gasteiger partial charge in [-0.3, -0.25) is 0 Å². The maximum absolute atomic E-state index is 14.0. The molecule has 0 saturated carbocycles. The first-order valence-electron chi connectivity index (χ1n) is 5.82. The van der Waals surface area contributed by atoms with E-state index < -0.39 is 11.6 Å². The van der Waals surface area contributed by atoms with Crippen molar-refractivity contribution < 1.29 is 8.78 Å². The number of aryl methyl sites for hydroxylation is 1. The molecule has 0 radical (unpaired) electrons. The van der Waals surface area contributed by atoms with Crippen molar-refractivity contribution in [3.8, 4) is 11.1 Å². The molecule has 2 rings (SSSR count). The minimum atomic E-state index is -0.779. The van der Waals surface area contributed by atoms with E-state index in [2.05, 4.69) is 5.32 Å². The molecule has 18 heavy (non-hydrogen) atoms. The summed E-state index contributed by atoms with van der Waals surface area (Å²) in [5, 5.41) is 3.02. The number of benzene rings is 2. The van der Waals surface area contributed by atoms with Crippen molar-refractivity contribution in [1.82, 2.24) is 5.32 Å². The summed E-state index contributed by atoms with van der Waals surface area (Å²) in [6.07, 6.45) is 0. The third-order valence-electron chi connectivity index (χ3n) is 2.95. The van der Waals surface area contributed by atoms with Gasteiger partial charge in [-0.1, -0.05) is 36.4 Å². The standard InChI is InChI=1S/C15H15F2N/c1-10-7-8-13(15(17)14(10)16)12-6-4-3-5-11(12)9-18-2/h3-8,18H,9H2,1-2H3. The molecule has 0 aliphatic carbocycles. The van der Waals surface area contributed by atoms with E-state index in [1.807, 2.05) is 25.2 Å². The van der Waals surface area contributed by atoms with Gasteiger partial charge in [0.05, 0.1) is 0 Å². The Kier molecular flexibility index (Phi) is 3.72. The molecular weight excluding hydrogens is 232 g/mol. The lowest BCUT2D eigenvalue weighted by Gasteiger charge is -2.11. The number of hydrogen-bond acceptors (Lipinski definition) is 1. The molecule has 0 saturated heterocycles. The molecule has 0 aliphatic rings. The zero-order valence-corrected chi connectivity index (χ0v) is 10.4. The van der Waals surface area contributed by atoms with Crippen LogP contribution < -0.4 is 5.32 Å². The Bertz CT molecular complexity index is 564. The summed E-state index contributed by atoms with van der Waals surface area (Å²) in [5.41, 5.74) is 2.30. The van der Waals surface area contributed by atoms with Crippen LogP contribution in [0.5, 0.6) is 0 Å². The van der Waals surface area contributed by atoms with Crippen molar-refractivity contribution in [1.29, 1.82) is 0 Å². The molecular formula is C15H15F2N. The third kappa shape index (κ3) is 2.27. The molecule has 0 spiro atoms. The van der Waals surface area contributed by atoms with Crippen molar-refractivity contribution in [2.24, 2.45) is 0 Å². The molecule has 0 unspecified atom stereocenters. The van der Waals surface area contributed by atoms with Crippen LogP contribution in [0.1, 0.15) is 11.1 Å². The predicted octanol–water partition coefficient (Wildman–Crippen LogP) is 3.66. The van der Waals surface area contributed by atoms with E-state index in [9.17, 15) is 8.78 Å². The van der Waals surface area contributed by atoms with Gasteiger partial charge in [0, 0.05) is 12.1 Å². The largest absolute Gasteiger partial charge is 0.316 e. The van der Waals surface area contributed by atoms with Gasteiger partial charge < -0.3 is 5.32 Å². The summed E-state index contributed by atoms with van der Waals surface area (Å²) >= 11 is 0. The first-order valence-corrected chi connectivity index (χ1v) is 5.82. The lowest BCUT2D eigenvalue weighted by Crippen LogP contribution is -2.07. The van der Waals surface area contributed by atoms with Crippen molar-refractivity contribution in [2.75, 3.05) is 7.05 Å². The summed E-state index contributed by atoms with van der Waals surface area (Å²) in [6.45, 7) is 2.17. The highest BCUT2D eigenvalue weighted by Crippen LogP contribution is 2.28. The fourth-order valence-electron chi connectivity index (χ4n) is 1.98. The highest BCUT2D eigenvalue weighted by molar-refractivity contribution is 5.68. The van der Waals surface area contributed by atoms with Gasteiger partial charge in [0.15, 0.2) is 11.6 Å². The maximum Gasteiger partial charge on any atom is 0.166 e. The number of halogens is 2. The highest BCUT2D eigenvalue weighted by Gasteiger charge is 2.14. The summed E-state index contributed by atoms with van der Waals surface area (Å²) < 4.78 is 27.6. The Labute approximate surface area is 105 Å². The molecule has 0 heterocycles. The monoisotopic (exact) mass is 247 g/mol. The van der Waals surface area contributed by atoms with Gasteiger partial charge >= 0.3 is 0 Å². The molecule has 0 fully saturated rings. The second-order valence-corrected chi connectivity index (χ2v) is 4.25. The van der Waals surface area contributed by atoms with E-state index in [0.717, 1.165) is 11.1 Å². The molecule has 3 heteroatoms. The molecule has 0 aromatic heterocycles. The molecule has 2 aromatic rings. The lowest BCUT2D eigenvalue weighted by molar-refractivity contribution is 0.505. The topological polar surface area (TPSA) is 12.0 Å². The zero-order valence-electron chi connectivity index (χ0n) is 10.4. The Morgan fingerprint density at radius 2 is 1.67 bits per heavy atom. The minimum absolute atomic E-state index is 0.309. The van der Waals surface area contributed by atoms with E-state index in [1.54, 1.807) is 25.1 Å². The van der Waals surface area contributed by atoms with Gasteiger partial charge in [-0.2, -0.15) is 0 Å². The summed E-state index contributed by atoms with van der Waals surface area (Å²) in [7, 11) is 1.82. The van der Waals surface area contributed by atoms with Crippen LogP contribution in [0.25, 0.3) is 11.1 Å². The van der Waals surface area contributed by atoms with Crippen molar-refractivity contribution >= 4 is 0 Å². The molecule has 0 amide bonds. The predicted molar refractivity (Wildman–Crippen MR) is 69.3 cm³/mol.